The average molecular weight is 752 g/mol. The highest BCUT2D eigenvalue weighted by atomic mass is 32.2. The van der Waals surface area contributed by atoms with Gasteiger partial charge >= 0.3 is 0 Å². The summed E-state index contributed by atoms with van der Waals surface area (Å²) in [4.78, 5) is 66.0. The van der Waals surface area contributed by atoms with Gasteiger partial charge < -0.3 is 24.8 Å². The highest BCUT2D eigenvalue weighted by Gasteiger charge is 2.62. The summed E-state index contributed by atoms with van der Waals surface area (Å²) in [5.41, 5.74) is -0.732. The number of hydrogen-bond donors (Lipinski definition) is 3. The molecule has 0 unspecified atom stereocenters. The first-order valence-electron chi connectivity index (χ1n) is 18.1. The van der Waals surface area contributed by atoms with E-state index in [-0.39, 0.29) is 42.9 Å². The number of halogens is 1. The van der Waals surface area contributed by atoms with Gasteiger partial charge in [0.2, 0.25) is 27.7 Å². The number of ether oxygens (including phenoxy) is 1. The van der Waals surface area contributed by atoms with Crippen molar-refractivity contribution in [2.24, 2.45) is 5.92 Å². The summed E-state index contributed by atoms with van der Waals surface area (Å²) in [5, 5.41) is 8.73. The lowest BCUT2D eigenvalue weighted by Gasteiger charge is -2.29. The monoisotopic (exact) mass is 751 g/mol. The van der Waals surface area contributed by atoms with Gasteiger partial charge in [-0.3, -0.25) is 23.9 Å². The summed E-state index contributed by atoms with van der Waals surface area (Å²) in [6, 6.07) is 3.65. The molecule has 17 heteroatoms. The van der Waals surface area contributed by atoms with Crippen molar-refractivity contribution in [3.63, 3.8) is 0 Å². The van der Waals surface area contributed by atoms with E-state index in [4.69, 9.17) is 9.26 Å². The smallest absolute Gasteiger partial charge is 0.274 e. The van der Waals surface area contributed by atoms with Crippen LogP contribution in [0.3, 0.4) is 0 Å². The van der Waals surface area contributed by atoms with Gasteiger partial charge in [-0.25, -0.2) is 22.8 Å². The van der Waals surface area contributed by atoms with E-state index in [1.54, 1.807) is 13.0 Å². The lowest BCUT2D eigenvalue weighted by atomic mass is 10.0. The van der Waals surface area contributed by atoms with Crippen LogP contribution >= 0.6 is 0 Å². The normalized spacial score (nSPS) is 27.1. The number of allylic oxidation sites excluding steroid dienone is 1. The Morgan fingerprint density at radius 2 is 1.96 bits per heavy atom. The van der Waals surface area contributed by atoms with Crippen molar-refractivity contribution in [3.05, 3.63) is 59.4 Å². The number of aryl methyl sites for hydroxylation is 2. The van der Waals surface area contributed by atoms with E-state index in [1.807, 2.05) is 19.1 Å². The highest BCUT2D eigenvalue weighted by Crippen LogP contribution is 2.46. The number of benzene rings is 1. The van der Waals surface area contributed by atoms with Gasteiger partial charge in [-0.1, -0.05) is 43.1 Å². The van der Waals surface area contributed by atoms with Gasteiger partial charge in [-0.05, 0) is 64.0 Å². The van der Waals surface area contributed by atoms with Gasteiger partial charge in [-0.2, -0.15) is 0 Å². The predicted octanol–water partition coefficient (Wildman–Crippen LogP) is 2.78. The molecule has 0 bridgehead atoms. The van der Waals surface area contributed by atoms with Crippen LogP contribution in [0.4, 0.5) is 4.39 Å². The maximum atomic E-state index is 14.8. The summed E-state index contributed by atoms with van der Waals surface area (Å²) in [7, 11) is -3.92. The molecule has 15 nitrogen and oxygen atoms in total. The molecular weight excluding hydrogens is 710 g/mol. The van der Waals surface area contributed by atoms with Crippen LogP contribution in [0.25, 0.3) is 11.0 Å². The SMILES string of the molecule is CCc1nc2cccc(F)c2nc1O[C@@H]1C[C@H]2C(=O)N[C@]3(C(=O)NS(=O)(=O)C4CC4)C[C@H]3/C=C\CCCCC[C@H](NC(=O)c3cc(C)on3)C(=O)N2C1. The Bertz CT molecular complexity index is 2090. The van der Waals surface area contributed by atoms with E-state index in [0.717, 1.165) is 12.8 Å². The summed E-state index contributed by atoms with van der Waals surface area (Å²) in [6.07, 6.45) is 7.39. The lowest BCUT2D eigenvalue weighted by molar-refractivity contribution is -0.141. The molecule has 2 aromatic heterocycles. The summed E-state index contributed by atoms with van der Waals surface area (Å²) >= 11 is 0. The summed E-state index contributed by atoms with van der Waals surface area (Å²) in [5.74, 6) is -3.25. The zero-order valence-electron chi connectivity index (χ0n) is 29.5. The third-order valence-electron chi connectivity index (χ3n) is 10.3. The first kappa shape index (κ1) is 36.4. The number of sulfonamides is 1. The Labute approximate surface area is 305 Å². The molecule has 53 heavy (non-hydrogen) atoms. The third-order valence-corrected chi connectivity index (χ3v) is 12.1. The molecule has 3 N–H and O–H groups in total. The number of carbonyl (C=O) groups is 4. The van der Waals surface area contributed by atoms with Crippen molar-refractivity contribution in [3.8, 4) is 5.88 Å². The number of nitrogens with zero attached hydrogens (tertiary/aromatic N) is 4. The molecule has 3 aromatic rings. The summed E-state index contributed by atoms with van der Waals surface area (Å²) < 4.78 is 53.9. The minimum absolute atomic E-state index is 0.00339. The first-order valence-corrected chi connectivity index (χ1v) is 19.6. The standard InChI is InChI=1S/C36H42FN7O8S/c1-3-25-33(40-30-24(37)11-9-13-26(30)38-25)51-22-17-29-32(46)41-36(35(48)43-53(49,50)23-14-15-23)18-21(36)10-7-5-4-6-8-12-27(34(47)44(29)19-22)39-31(45)28-16-20(2)52-42-28/h7,9-11,13,16,21-23,27,29H,3-6,8,12,14-15,17-19H2,1-2H3,(H,39,45)(H,41,46)(H,43,48)/b10-7-/t21-,22-,27+,29+,36-/m1/s1. The number of amides is 4. The maximum absolute atomic E-state index is 14.8. The molecule has 4 heterocycles. The van der Waals surface area contributed by atoms with Crippen LogP contribution < -0.4 is 20.1 Å². The van der Waals surface area contributed by atoms with Crippen molar-refractivity contribution in [1.82, 2.24) is 35.4 Å². The Kier molecular flexibility index (Phi) is 9.95. The average Bonchev–Trinajstić information content (AvgIpc) is 4.01. The number of aromatic nitrogens is 3. The number of carbonyl (C=O) groups excluding carboxylic acids is 4. The molecule has 7 rings (SSSR count). The molecule has 4 amide bonds. The second-order valence-corrected chi connectivity index (χ2v) is 16.2. The quantitative estimate of drug-likeness (QED) is 0.286. The van der Waals surface area contributed by atoms with E-state index in [9.17, 15) is 32.0 Å². The first-order chi connectivity index (χ1) is 25.4. The second-order valence-electron chi connectivity index (χ2n) is 14.3. The molecule has 0 radical (unpaired) electrons. The molecule has 3 fully saturated rings. The number of fused-ring (bicyclic) bond motifs is 3. The van der Waals surface area contributed by atoms with Gasteiger partial charge in [0, 0.05) is 18.4 Å². The van der Waals surface area contributed by atoms with E-state index in [0.29, 0.717) is 49.1 Å². The largest absolute Gasteiger partial charge is 0.471 e. The molecule has 1 aromatic carbocycles. The van der Waals surface area contributed by atoms with Crippen molar-refractivity contribution in [1.29, 1.82) is 0 Å². The fourth-order valence-electron chi connectivity index (χ4n) is 7.10. The third kappa shape index (κ3) is 7.61. The zero-order chi connectivity index (χ0) is 37.5. The van der Waals surface area contributed by atoms with Gasteiger partial charge in [0.25, 0.3) is 11.8 Å². The lowest BCUT2D eigenvalue weighted by Crippen LogP contribution is -2.58. The maximum Gasteiger partial charge on any atom is 0.274 e. The van der Waals surface area contributed by atoms with Gasteiger partial charge in [0.15, 0.2) is 11.5 Å². The second kappa shape index (κ2) is 14.5. The predicted molar refractivity (Wildman–Crippen MR) is 187 cm³/mol. The van der Waals surface area contributed by atoms with Gasteiger partial charge in [0.05, 0.1) is 17.3 Å². The van der Waals surface area contributed by atoms with E-state index in [2.05, 4.69) is 30.5 Å². The molecule has 2 aliphatic heterocycles. The zero-order valence-corrected chi connectivity index (χ0v) is 30.3. The van der Waals surface area contributed by atoms with Crippen molar-refractivity contribution in [2.75, 3.05) is 6.54 Å². The molecule has 4 aliphatic rings. The Morgan fingerprint density at radius 3 is 2.70 bits per heavy atom. The number of hydrogen-bond acceptors (Lipinski definition) is 11. The van der Waals surface area contributed by atoms with E-state index < -0.39 is 74.4 Å². The van der Waals surface area contributed by atoms with Crippen LogP contribution in [0.5, 0.6) is 5.88 Å². The van der Waals surface area contributed by atoms with Crippen LogP contribution in [-0.4, -0.2) is 87.6 Å². The minimum atomic E-state index is -3.92. The molecule has 282 valence electrons. The fraction of sp³-hybridized carbons (Fsp3) is 0.528. The Balaban J connectivity index is 1.21. The molecule has 2 aliphatic carbocycles. The van der Waals surface area contributed by atoms with Crippen molar-refractivity contribution in [2.45, 2.75) is 107 Å². The number of rotatable bonds is 8. The Morgan fingerprint density at radius 1 is 1.15 bits per heavy atom. The molecule has 5 atom stereocenters. The van der Waals surface area contributed by atoms with E-state index in [1.165, 1.54) is 23.1 Å². The van der Waals surface area contributed by atoms with Crippen molar-refractivity contribution < 1.29 is 41.2 Å². The number of para-hydroxylation sites is 1. The van der Waals surface area contributed by atoms with Crippen LogP contribution in [0.2, 0.25) is 0 Å². The van der Waals surface area contributed by atoms with Crippen LogP contribution in [-0.2, 0) is 30.8 Å². The molecular formula is C36H42FN7O8S. The van der Waals surface area contributed by atoms with Crippen LogP contribution in [0.1, 0.15) is 86.7 Å². The van der Waals surface area contributed by atoms with Crippen molar-refractivity contribution >= 4 is 44.7 Å². The number of nitrogens with one attached hydrogen (secondary N) is 3. The topological polar surface area (TPSA) is 203 Å². The van der Waals surface area contributed by atoms with Crippen LogP contribution in [0, 0.1) is 18.7 Å². The minimum Gasteiger partial charge on any atom is -0.471 e. The highest BCUT2D eigenvalue weighted by molar-refractivity contribution is 7.91. The van der Waals surface area contributed by atoms with Crippen LogP contribution in [0.15, 0.2) is 40.9 Å². The molecule has 2 saturated carbocycles. The molecule has 1 saturated heterocycles. The van der Waals surface area contributed by atoms with Gasteiger partial charge in [0.1, 0.15) is 40.7 Å². The fourth-order valence-corrected chi connectivity index (χ4v) is 8.46. The molecule has 0 spiro atoms. The Hall–Kier alpha value is -4.93. The summed E-state index contributed by atoms with van der Waals surface area (Å²) in [6.45, 7) is 3.37. The van der Waals surface area contributed by atoms with E-state index >= 15 is 0 Å². The van der Waals surface area contributed by atoms with Gasteiger partial charge in [-0.15, -0.1) is 0 Å².